The number of hydrogen-bond donors (Lipinski definition) is 2. The summed E-state index contributed by atoms with van der Waals surface area (Å²) in [5, 5.41) is 5.44. The Morgan fingerprint density at radius 3 is 1.73 bits per heavy atom. The van der Waals surface area contributed by atoms with Crippen molar-refractivity contribution in [3.8, 4) is 5.75 Å². The number of carbonyl (C=O) groups excluding carboxylic acids is 2. The van der Waals surface area contributed by atoms with Crippen LogP contribution in [-0.2, 0) is 15.0 Å². The zero-order chi connectivity index (χ0) is 19.2. The highest BCUT2D eigenvalue weighted by Gasteiger charge is 2.14. The summed E-state index contributed by atoms with van der Waals surface area (Å²) in [5.41, 5.74) is 2.54. The zero-order valence-electron chi connectivity index (χ0n) is 15.8. The third kappa shape index (κ3) is 5.92. The van der Waals surface area contributed by atoms with Gasteiger partial charge in [0, 0.05) is 11.4 Å². The van der Waals surface area contributed by atoms with Crippen LogP contribution in [0.1, 0.15) is 39.7 Å². The summed E-state index contributed by atoms with van der Waals surface area (Å²) in [6.45, 7) is 8.89. The van der Waals surface area contributed by atoms with Crippen molar-refractivity contribution >= 4 is 23.2 Å². The Morgan fingerprint density at radius 2 is 1.31 bits per heavy atom. The molecule has 0 saturated heterocycles. The summed E-state index contributed by atoms with van der Waals surface area (Å²) in [7, 11) is 0. The van der Waals surface area contributed by atoms with Crippen molar-refractivity contribution in [3.05, 3.63) is 54.1 Å². The van der Waals surface area contributed by atoms with E-state index in [-0.39, 0.29) is 23.7 Å². The Morgan fingerprint density at radius 1 is 0.846 bits per heavy atom. The molecule has 2 N–H and O–H groups in total. The maximum atomic E-state index is 12.0. The fourth-order valence-corrected chi connectivity index (χ4v) is 2.41. The van der Waals surface area contributed by atoms with Gasteiger partial charge in [-0.2, -0.15) is 0 Å². The summed E-state index contributed by atoms with van der Waals surface area (Å²) >= 11 is 0. The van der Waals surface area contributed by atoms with Crippen LogP contribution in [0.3, 0.4) is 0 Å². The van der Waals surface area contributed by atoms with Gasteiger partial charge in [0.1, 0.15) is 12.2 Å². The van der Waals surface area contributed by atoms with Gasteiger partial charge in [-0.1, -0.05) is 32.9 Å². The highest BCUT2D eigenvalue weighted by atomic mass is 16.5. The lowest BCUT2D eigenvalue weighted by Gasteiger charge is -2.19. The van der Waals surface area contributed by atoms with E-state index in [2.05, 4.69) is 31.4 Å². The van der Waals surface area contributed by atoms with Crippen molar-refractivity contribution in [2.75, 3.05) is 17.2 Å². The molecule has 5 nitrogen and oxygen atoms in total. The van der Waals surface area contributed by atoms with Crippen LogP contribution in [0, 0.1) is 0 Å². The molecular formula is C21H26N2O3. The van der Waals surface area contributed by atoms with Crippen molar-refractivity contribution in [1.82, 2.24) is 0 Å². The standard InChI is InChI=1S/C21H26N2O3/c1-5-26-18-12-10-17(11-13-18)23-20(25)14-19(24)22-16-8-6-15(7-9-16)21(2,3)4/h6-13H,5,14H2,1-4H3,(H,22,24)(H,23,25). The van der Waals surface area contributed by atoms with E-state index in [1.807, 2.05) is 31.2 Å². The first-order chi connectivity index (χ1) is 12.3. The highest BCUT2D eigenvalue weighted by Crippen LogP contribution is 2.23. The first kappa shape index (κ1) is 19.5. The molecule has 0 heterocycles. The van der Waals surface area contributed by atoms with Gasteiger partial charge in [-0.3, -0.25) is 9.59 Å². The lowest BCUT2D eigenvalue weighted by Crippen LogP contribution is -2.21. The topological polar surface area (TPSA) is 67.4 Å². The van der Waals surface area contributed by atoms with E-state index in [0.29, 0.717) is 18.0 Å². The van der Waals surface area contributed by atoms with E-state index in [1.165, 1.54) is 5.56 Å². The van der Waals surface area contributed by atoms with Crippen LogP contribution < -0.4 is 15.4 Å². The lowest BCUT2D eigenvalue weighted by atomic mass is 9.87. The average Bonchev–Trinajstić information content (AvgIpc) is 2.56. The SMILES string of the molecule is CCOc1ccc(NC(=O)CC(=O)Nc2ccc(C(C)(C)C)cc2)cc1. The molecule has 0 aromatic heterocycles. The normalized spacial score (nSPS) is 10.9. The van der Waals surface area contributed by atoms with E-state index in [9.17, 15) is 9.59 Å². The molecule has 0 aliphatic heterocycles. The van der Waals surface area contributed by atoms with Crippen LogP contribution in [0.5, 0.6) is 5.75 Å². The number of nitrogens with one attached hydrogen (secondary N) is 2. The third-order valence-electron chi connectivity index (χ3n) is 3.80. The van der Waals surface area contributed by atoms with E-state index in [0.717, 1.165) is 5.75 Å². The molecule has 0 unspecified atom stereocenters. The molecule has 0 atom stereocenters. The van der Waals surface area contributed by atoms with Gasteiger partial charge in [0.2, 0.25) is 11.8 Å². The quantitative estimate of drug-likeness (QED) is 0.758. The second kappa shape index (κ2) is 8.52. The molecule has 2 aromatic rings. The van der Waals surface area contributed by atoms with Crippen LogP contribution >= 0.6 is 0 Å². The van der Waals surface area contributed by atoms with Gasteiger partial charge in [-0.25, -0.2) is 0 Å². The summed E-state index contributed by atoms with van der Waals surface area (Å²) in [5.74, 6) is 0.0249. The lowest BCUT2D eigenvalue weighted by molar-refractivity contribution is -0.123. The largest absolute Gasteiger partial charge is 0.494 e. The number of amides is 2. The maximum absolute atomic E-state index is 12.0. The molecule has 0 aliphatic carbocycles. The fourth-order valence-electron chi connectivity index (χ4n) is 2.41. The molecule has 5 heteroatoms. The summed E-state index contributed by atoms with van der Waals surface area (Å²) in [4.78, 5) is 24.0. The minimum atomic E-state index is -0.363. The van der Waals surface area contributed by atoms with Gasteiger partial charge >= 0.3 is 0 Å². The maximum Gasteiger partial charge on any atom is 0.233 e. The molecule has 0 bridgehead atoms. The Bertz CT molecular complexity index is 744. The number of carbonyl (C=O) groups is 2. The smallest absolute Gasteiger partial charge is 0.233 e. The second-order valence-electron chi connectivity index (χ2n) is 7.06. The van der Waals surface area contributed by atoms with Gasteiger partial charge in [-0.05, 0) is 54.3 Å². The van der Waals surface area contributed by atoms with E-state index in [4.69, 9.17) is 4.74 Å². The molecule has 0 saturated carbocycles. The highest BCUT2D eigenvalue weighted by molar-refractivity contribution is 6.08. The number of ether oxygens (including phenoxy) is 1. The fraction of sp³-hybridized carbons (Fsp3) is 0.333. The molecule has 0 spiro atoms. The van der Waals surface area contributed by atoms with E-state index >= 15 is 0 Å². The predicted octanol–water partition coefficient (Wildman–Crippen LogP) is 4.35. The van der Waals surface area contributed by atoms with Gasteiger partial charge in [0.15, 0.2) is 0 Å². The molecule has 0 radical (unpaired) electrons. The Hall–Kier alpha value is -2.82. The Balaban J connectivity index is 1.86. The number of rotatable bonds is 6. The van der Waals surface area contributed by atoms with Crippen LogP contribution in [0.4, 0.5) is 11.4 Å². The molecule has 138 valence electrons. The molecule has 2 rings (SSSR count). The summed E-state index contributed by atoms with van der Waals surface area (Å²) < 4.78 is 5.35. The van der Waals surface area contributed by atoms with Crippen LogP contribution in [0.25, 0.3) is 0 Å². The predicted molar refractivity (Wildman–Crippen MR) is 105 cm³/mol. The van der Waals surface area contributed by atoms with Gasteiger partial charge in [0.05, 0.1) is 6.61 Å². The van der Waals surface area contributed by atoms with Crippen molar-refractivity contribution in [2.24, 2.45) is 0 Å². The molecule has 0 fully saturated rings. The molecule has 2 aromatic carbocycles. The average molecular weight is 354 g/mol. The third-order valence-corrected chi connectivity index (χ3v) is 3.80. The first-order valence-corrected chi connectivity index (χ1v) is 8.71. The zero-order valence-corrected chi connectivity index (χ0v) is 15.8. The van der Waals surface area contributed by atoms with Gasteiger partial charge < -0.3 is 15.4 Å². The van der Waals surface area contributed by atoms with Gasteiger partial charge in [0.25, 0.3) is 0 Å². The van der Waals surface area contributed by atoms with Crippen LogP contribution in [-0.4, -0.2) is 18.4 Å². The van der Waals surface area contributed by atoms with Crippen molar-refractivity contribution in [3.63, 3.8) is 0 Å². The summed E-state index contributed by atoms with van der Waals surface area (Å²) in [6, 6.07) is 14.7. The number of benzene rings is 2. The second-order valence-corrected chi connectivity index (χ2v) is 7.06. The van der Waals surface area contributed by atoms with E-state index in [1.54, 1.807) is 24.3 Å². The van der Waals surface area contributed by atoms with E-state index < -0.39 is 0 Å². The van der Waals surface area contributed by atoms with Crippen LogP contribution in [0.15, 0.2) is 48.5 Å². The molecular weight excluding hydrogens is 328 g/mol. The molecule has 0 aliphatic rings. The number of hydrogen-bond acceptors (Lipinski definition) is 3. The first-order valence-electron chi connectivity index (χ1n) is 8.71. The minimum Gasteiger partial charge on any atom is -0.494 e. The Labute approximate surface area is 154 Å². The molecule has 26 heavy (non-hydrogen) atoms. The Kier molecular flexibility index (Phi) is 6.39. The number of anilines is 2. The molecule has 2 amide bonds. The monoisotopic (exact) mass is 354 g/mol. The summed E-state index contributed by atoms with van der Waals surface area (Å²) in [6.07, 6.45) is -0.242. The van der Waals surface area contributed by atoms with Crippen molar-refractivity contribution in [2.45, 2.75) is 39.5 Å². The van der Waals surface area contributed by atoms with Crippen molar-refractivity contribution in [1.29, 1.82) is 0 Å². The minimum absolute atomic E-state index is 0.0557. The van der Waals surface area contributed by atoms with Crippen molar-refractivity contribution < 1.29 is 14.3 Å². The van der Waals surface area contributed by atoms with Gasteiger partial charge in [-0.15, -0.1) is 0 Å². The van der Waals surface area contributed by atoms with Crippen LogP contribution in [0.2, 0.25) is 0 Å².